The Bertz CT molecular complexity index is 791. The summed E-state index contributed by atoms with van der Waals surface area (Å²) in [6.45, 7) is 1.84. The minimum atomic E-state index is -0.154. The van der Waals surface area contributed by atoms with Crippen LogP contribution in [-0.2, 0) is 0 Å². The zero-order chi connectivity index (χ0) is 18.5. The first-order valence-corrected chi connectivity index (χ1v) is 9.20. The standard InChI is InChI=1S/C19H23ClN4O2/c1-12-10-16(18(25)22-13-6-4-3-5-7-13)24-19(21-12)23-14-8-9-17(26-2)15(20)11-14/h8-11,13H,3-7H2,1-2H3,(H,22,25)(H,21,23,24). The predicted octanol–water partition coefficient (Wildman–Crippen LogP) is 4.25. The van der Waals surface area contributed by atoms with Crippen LogP contribution in [0.15, 0.2) is 24.3 Å². The summed E-state index contributed by atoms with van der Waals surface area (Å²) < 4.78 is 5.15. The van der Waals surface area contributed by atoms with E-state index in [1.165, 1.54) is 19.3 Å². The van der Waals surface area contributed by atoms with E-state index in [4.69, 9.17) is 16.3 Å². The van der Waals surface area contributed by atoms with Crippen molar-refractivity contribution in [2.75, 3.05) is 12.4 Å². The number of carbonyl (C=O) groups excluding carboxylic acids is 1. The average Bonchev–Trinajstić information content (AvgIpc) is 2.62. The van der Waals surface area contributed by atoms with Crippen LogP contribution in [0.5, 0.6) is 5.75 Å². The zero-order valence-electron chi connectivity index (χ0n) is 15.0. The van der Waals surface area contributed by atoms with Crippen LogP contribution in [0, 0.1) is 6.92 Å². The number of aromatic nitrogens is 2. The molecule has 26 heavy (non-hydrogen) atoms. The minimum Gasteiger partial charge on any atom is -0.495 e. The van der Waals surface area contributed by atoms with Crippen molar-refractivity contribution >= 4 is 29.1 Å². The second-order valence-corrected chi connectivity index (χ2v) is 6.91. The Hall–Kier alpha value is -2.34. The lowest BCUT2D eigenvalue weighted by Gasteiger charge is -2.22. The van der Waals surface area contributed by atoms with E-state index in [9.17, 15) is 4.79 Å². The predicted molar refractivity (Wildman–Crippen MR) is 102 cm³/mol. The van der Waals surface area contributed by atoms with Crippen molar-refractivity contribution in [2.24, 2.45) is 0 Å². The Morgan fingerprint density at radius 3 is 2.65 bits per heavy atom. The van der Waals surface area contributed by atoms with Crippen LogP contribution >= 0.6 is 11.6 Å². The van der Waals surface area contributed by atoms with Crippen LogP contribution in [0.4, 0.5) is 11.6 Å². The van der Waals surface area contributed by atoms with Gasteiger partial charge in [-0.15, -0.1) is 0 Å². The summed E-state index contributed by atoms with van der Waals surface area (Å²) in [4.78, 5) is 21.3. The van der Waals surface area contributed by atoms with E-state index in [0.29, 0.717) is 22.4 Å². The molecule has 1 saturated carbocycles. The number of nitrogens with one attached hydrogen (secondary N) is 2. The van der Waals surface area contributed by atoms with Crippen LogP contribution in [0.2, 0.25) is 5.02 Å². The zero-order valence-corrected chi connectivity index (χ0v) is 15.8. The molecular weight excluding hydrogens is 352 g/mol. The number of hydrogen-bond donors (Lipinski definition) is 2. The molecule has 0 atom stereocenters. The highest BCUT2D eigenvalue weighted by atomic mass is 35.5. The summed E-state index contributed by atoms with van der Waals surface area (Å²) in [6, 6.07) is 7.25. The molecule has 0 saturated heterocycles. The van der Waals surface area contributed by atoms with Gasteiger partial charge in [0.05, 0.1) is 12.1 Å². The Morgan fingerprint density at radius 2 is 1.96 bits per heavy atom. The van der Waals surface area contributed by atoms with Gasteiger partial charge in [-0.25, -0.2) is 9.97 Å². The van der Waals surface area contributed by atoms with Crippen molar-refractivity contribution in [3.63, 3.8) is 0 Å². The van der Waals surface area contributed by atoms with E-state index in [0.717, 1.165) is 24.2 Å². The number of rotatable bonds is 5. The summed E-state index contributed by atoms with van der Waals surface area (Å²) in [6.07, 6.45) is 5.64. The van der Waals surface area contributed by atoms with Gasteiger partial charge in [0.2, 0.25) is 5.95 Å². The van der Waals surface area contributed by atoms with Gasteiger partial charge in [0.1, 0.15) is 11.4 Å². The molecule has 0 radical (unpaired) electrons. The van der Waals surface area contributed by atoms with Crippen LogP contribution in [0.3, 0.4) is 0 Å². The van der Waals surface area contributed by atoms with Crippen molar-refractivity contribution in [1.82, 2.24) is 15.3 Å². The smallest absolute Gasteiger partial charge is 0.270 e. The van der Waals surface area contributed by atoms with Crippen LogP contribution < -0.4 is 15.4 Å². The third-order valence-corrected chi connectivity index (χ3v) is 4.73. The molecule has 138 valence electrons. The summed E-state index contributed by atoms with van der Waals surface area (Å²) in [5.74, 6) is 0.799. The molecule has 1 fully saturated rings. The fraction of sp³-hybridized carbons (Fsp3) is 0.421. The van der Waals surface area contributed by atoms with E-state index in [1.54, 1.807) is 25.3 Å². The molecule has 1 amide bonds. The van der Waals surface area contributed by atoms with Gasteiger partial charge in [-0.05, 0) is 44.0 Å². The maximum Gasteiger partial charge on any atom is 0.270 e. The Balaban J connectivity index is 1.74. The van der Waals surface area contributed by atoms with Gasteiger partial charge in [-0.3, -0.25) is 4.79 Å². The highest BCUT2D eigenvalue weighted by molar-refractivity contribution is 6.32. The molecule has 0 spiro atoms. The molecule has 7 heteroatoms. The van der Waals surface area contributed by atoms with E-state index in [2.05, 4.69) is 20.6 Å². The number of ether oxygens (including phenoxy) is 1. The van der Waals surface area contributed by atoms with Gasteiger partial charge in [0, 0.05) is 17.4 Å². The normalized spacial score (nSPS) is 14.7. The molecule has 1 aromatic heterocycles. The topological polar surface area (TPSA) is 76.1 Å². The number of amides is 1. The Kier molecular flexibility index (Phi) is 5.93. The molecule has 2 aromatic rings. The van der Waals surface area contributed by atoms with E-state index < -0.39 is 0 Å². The second-order valence-electron chi connectivity index (χ2n) is 6.50. The van der Waals surface area contributed by atoms with Gasteiger partial charge in [-0.1, -0.05) is 30.9 Å². The van der Waals surface area contributed by atoms with E-state index in [-0.39, 0.29) is 11.9 Å². The average molecular weight is 375 g/mol. The third-order valence-electron chi connectivity index (χ3n) is 4.44. The van der Waals surface area contributed by atoms with Gasteiger partial charge in [-0.2, -0.15) is 0 Å². The van der Waals surface area contributed by atoms with Crippen molar-refractivity contribution in [3.8, 4) is 5.75 Å². The molecule has 1 aliphatic carbocycles. The molecule has 2 N–H and O–H groups in total. The quantitative estimate of drug-likeness (QED) is 0.818. The van der Waals surface area contributed by atoms with E-state index in [1.807, 2.05) is 13.0 Å². The first kappa shape index (κ1) is 18.5. The molecule has 3 rings (SSSR count). The number of anilines is 2. The molecular formula is C19H23ClN4O2. The fourth-order valence-corrected chi connectivity index (χ4v) is 3.38. The van der Waals surface area contributed by atoms with Gasteiger partial charge in [0.25, 0.3) is 5.91 Å². The number of aryl methyl sites for hydroxylation is 1. The molecule has 1 aliphatic rings. The lowest BCUT2D eigenvalue weighted by atomic mass is 9.95. The number of carbonyl (C=O) groups is 1. The van der Waals surface area contributed by atoms with Crippen molar-refractivity contribution < 1.29 is 9.53 Å². The molecule has 1 aromatic carbocycles. The second kappa shape index (κ2) is 8.36. The van der Waals surface area contributed by atoms with Gasteiger partial charge >= 0.3 is 0 Å². The Labute approximate surface area is 158 Å². The lowest BCUT2D eigenvalue weighted by Crippen LogP contribution is -2.36. The van der Waals surface area contributed by atoms with Crippen LogP contribution in [0.1, 0.15) is 48.3 Å². The maximum absolute atomic E-state index is 12.5. The number of hydrogen-bond acceptors (Lipinski definition) is 5. The van der Waals surface area contributed by atoms with Gasteiger partial charge < -0.3 is 15.4 Å². The summed E-state index contributed by atoms with van der Waals surface area (Å²) in [5, 5.41) is 6.66. The number of halogens is 1. The third kappa shape index (κ3) is 4.64. The number of benzene rings is 1. The number of methoxy groups -OCH3 is 1. The maximum atomic E-state index is 12.5. The molecule has 0 unspecified atom stereocenters. The minimum absolute atomic E-state index is 0.154. The summed E-state index contributed by atoms with van der Waals surface area (Å²) in [7, 11) is 1.56. The summed E-state index contributed by atoms with van der Waals surface area (Å²) >= 11 is 6.15. The van der Waals surface area contributed by atoms with E-state index >= 15 is 0 Å². The summed E-state index contributed by atoms with van der Waals surface area (Å²) in [5.41, 5.74) is 1.81. The first-order valence-electron chi connectivity index (χ1n) is 8.82. The first-order chi connectivity index (χ1) is 12.5. The monoisotopic (exact) mass is 374 g/mol. The highest BCUT2D eigenvalue weighted by Gasteiger charge is 2.18. The molecule has 1 heterocycles. The van der Waals surface area contributed by atoms with Crippen LogP contribution in [-0.4, -0.2) is 29.0 Å². The Morgan fingerprint density at radius 1 is 1.19 bits per heavy atom. The molecule has 6 nitrogen and oxygen atoms in total. The molecule has 0 bridgehead atoms. The fourth-order valence-electron chi connectivity index (χ4n) is 3.12. The van der Waals surface area contributed by atoms with Crippen LogP contribution in [0.25, 0.3) is 0 Å². The lowest BCUT2D eigenvalue weighted by molar-refractivity contribution is 0.0922. The highest BCUT2D eigenvalue weighted by Crippen LogP contribution is 2.28. The SMILES string of the molecule is COc1ccc(Nc2nc(C)cc(C(=O)NC3CCCCC3)n2)cc1Cl. The largest absolute Gasteiger partial charge is 0.495 e. The van der Waals surface area contributed by atoms with Crippen molar-refractivity contribution in [3.05, 3.63) is 40.7 Å². The van der Waals surface area contributed by atoms with Crippen molar-refractivity contribution in [2.45, 2.75) is 45.1 Å². The van der Waals surface area contributed by atoms with Crippen molar-refractivity contribution in [1.29, 1.82) is 0 Å². The molecule has 0 aliphatic heterocycles. The number of nitrogens with zero attached hydrogens (tertiary/aromatic N) is 2. The van der Waals surface area contributed by atoms with Gasteiger partial charge in [0.15, 0.2) is 0 Å².